The minimum atomic E-state index is -0.0548. The first-order chi connectivity index (χ1) is 36.7. The molecule has 10 heteroatoms. The van der Waals surface area contributed by atoms with E-state index in [1.807, 2.05) is 6.08 Å². The smallest absolute Gasteiger partial charge is 0.158 e. The number of aromatic nitrogens is 6. The number of nitrogens with zero attached hydrogens (tertiary/aromatic N) is 9. The SMILES string of the molecule is N#CC(C=N)=N/C=C/c1c(-n2c3ccccc3c3ccccc32)c(-c2cnc(C#N)cn2)c(-n2c3ccccc3c3ccccc32)c(-n2c3ccccc3c3ccccc32)c1-n1c2ccccc2c2ccccc21. The fraction of sp³-hybridized carbons (Fsp3) is 0. The van der Waals surface area contributed by atoms with Crippen LogP contribution >= 0.6 is 0 Å². The van der Waals surface area contributed by atoms with E-state index in [4.69, 9.17) is 15.4 Å². The number of aliphatic imine (C=N–C) groups is 1. The zero-order valence-corrected chi connectivity index (χ0v) is 39.4. The molecule has 9 aromatic carbocycles. The molecule has 74 heavy (non-hydrogen) atoms. The Morgan fingerprint density at radius 3 is 1.08 bits per heavy atom. The Kier molecular flexibility index (Phi) is 9.55. The number of para-hydroxylation sites is 8. The third-order valence-corrected chi connectivity index (χ3v) is 14.4. The van der Waals surface area contributed by atoms with Gasteiger partial charge in [-0.15, -0.1) is 0 Å². The topological polar surface area (TPSA) is 129 Å². The molecule has 0 aliphatic carbocycles. The minimum absolute atomic E-state index is 0.0548. The van der Waals surface area contributed by atoms with E-state index in [-0.39, 0.29) is 11.4 Å². The molecule has 5 aromatic heterocycles. The maximum absolute atomic E-state index is 10.3. The van der Waals surface area contributed by atoms with Gasteiger partial charge in [0.25, 0.3) is 0 Å². The van der Waals surface area contributed by atoms with Gasteiger partial charge in [0.1, 0.15) is 12.1 Å². The second-order valence-corrected chi connectivity index (χ2v) is 18.1. The molecule has 0 radical (unpaired) electrons. The van der Waals surface area contributed by atoms with Crippen molar-refractivity contribution in [1.82, 2.24) is 28.2 Å². The van der Waals surface area contributed by atoms with Crippen LogP contribution in [0.2, 0.25) is 0 Å². The number of fused-ring (bicyclic) bond motifs is 12. The summed E-state index contributed by atoms with van der Waals surface area (Å²) in [7, 11) is 0. The van der Waals surface area contributed by atoms with E-state index in [1.54, 1.807) is 18.6 Å². The van der Waals surface area contributed by atoms with E-state index in [0.717, 1.165) is 127 Å². The molecule has 0 saturated carbocycles. The molecule has 0 amide bonds. The Balaban J connectivity index is 1.38. The summed E-state index contributed by atoms with van der Waals surface area (Å²) in [6.07, 6.45) is 7.85. The van der Waals surface area contributed by atoms with Crippen molar-refractivity contribution in [3.05, 3.63) is 224 Å². The molecule has 0 unspecified atom stereocenters. The summed E-state index contributed by atoms with van der Waals surface area (Å²) < 4.78 is 9.51. The van der Waals surface area contributed by atoms with Gasteiger partial charge in [-0.2, -0.15) is 10.5 Å². The lowest BCUT2D eigenvalue weighted by Crippen LogP contribution is -2.16. The molecule has 0 bridgehead atoms. The van der Waals surface area contributed by atoms with Gasteiger partial charge >= 0.3 is 0 Å². The van der Waals surface area contributed by atoms with Crippen LogP contribution < -0.4 is 0 Å². The first-order valence-corrected chi connectivity index (χ1v) is 24.2. The van der Waals surface area contributed by atoms with Crippen LogP contribution in [-0.2, 0) is 0 Å². The van der Waals surface area contributed by atoms with E-state index in [9.17, 15) is 10.5 Å². The Hall–Kier alpha value is -10.7. The van der Waals surface area contributed by atoms with Crippen molar-refractivity contribution in [2.45, 2.75) is 0 Å². The average Bonchev–Trinajstić information content (AvgIpc) is 4.23. The van der Waals surface area contributed by atoms with Gasteiger partial charge in [-0.25, -0.2) is 9.98 Å². The standard InChI is InChI=1S/C64H38N10/c65-35-40(36-66)68-34-33-50-61(71-52-25-9-1-17-42(52)43-18-2-10-26-53(43)71)60(51-39-69-41(37-67)38-70-51)63(73-56-29-13-5-21-46(56)47-22-6-14-30-57(47)73)64(74-58-31-15-7-23-48(58)49-24-8-16-32-59(49)74)62(50)72-54-27-11-3-19-44(54)45-20-4-12-28-55(45)72/h1-35,38-39,65H/b34-33+,65-35?,68-40?. The predicted molar refractivity (Wildman–Crippen MR) is 300 cm³/mol. The molecule has 14 rings (SSSR count). The van der Waals surface area contributed by atoms with Crippen molar-refractivity contribution in [3.8, 4) is 46.1 Å². The number of nitriles is 2. The molecule has 0 saturated heterocycles. The van der Waals surface area contributed by atoms with E-state index in [2.05, 4.69) is 230 Å². The van der Waals surface area contributed by atoms with Crippen LogP contribution in [-0.4, -0.2) is 40.2 Å². The zero-order valence-electron chi connectivity index (χ0n) is 39.4. The summed E-state index contributed by atoms with van der Waals surface area (Å²) in [5, 5.41) is 37.1. The molecule has 0 fully saturated rings. The normalized spacial score (nSPS) is 12.1. The molecular weight excluding hydrogens is 909 g/mol. The molecule has 1 N–H and O–H groups in total. The summed E-state index contributed by atoms with van der Waals surface area (Å²) in [5.74, 6) is 0. The van der Waals surface area contributed by atoms with Crippen molar-refractivity contribution in [3.63, 3.8) is 0 Å². The van der Waals surface area contributed by atoms with Gasteiger partial charge < -0.3 is 23.7 Å². The van der Waals surface area contributed by atoms with Crippen LogP contribution in [0.1, 0.15) is 11.3 Å². The van der Waals surface area contributed by atoms with Crippen molar-refractivity contribution in [2.75, 3.05) is 0 Å². The summed E-state index contributed by atoms with van der Waals surface area (Å²) >= 11 is 0. The largest absolute Gasteiger partial charge is 0.308 e. The van der Waals surface area contributed by atoms with Crippen LogP contribution in [0.3, 0.4) is 0 Å². The van der Waals surface area contributed by atoms with Crippen molar-refractivity contribution < 1.29 is 0 Å². The summed E-state index contributed by atoms with van der Waals surface area (Å²) in [5.41, 5.74) is 13.0. The van der Waals surface area contributed by atoms with E-state index in [1.165, 1.54) is 0 Å². The fourth-order valence-corrected chi connectivity index (χ4v) is 11.5. The van der Waals surface area contributed by atoms with Gasteiger partial charge in [-0.3, -0.25) is 4.98 Å². The maximum Gasteiger partial charge on any atom is 0.158 e. The number of hydrogen-bond donors (Lipinski definition) is 1. The van der Waals surface area contributed by atoms with Gasteiger partial charge in [-0.1, -0.05) is 146 Å². The fourth-order valence-electron chi connectivity index (χ4n) is 11.5. The molecular formula is C64H38N10. The first-order valence-electron chi connectivity index (χ1n) is 24.2. The van der Waals surface area contributed by atoms with Gasteiger partial charge in [-0.05, 0) is 54.6 Å². The minimum Gasteiger partial charge on any atom is -0.308 e. The Labute approximate surface area is 422 Å². The van der Waals surface area contributed by atoms with Gasteiger partial charge in [0.2, 0.25) is 0 Å². The average molecular weight is 947 g/mol. The molecule has 5 heterocycles. The molecule has 14 aromatic rings. The lowest BCUT2D eigenvalue weighted by molar-refractivity contribution is 1.03. The summed E-state index contributed by atoms with van der Waals surface area (Å²) in [6.45, 7) is 0. The van der Waals surface area contributed by atoms with Crippen molar-refractivity contribution in [1.29, 1.82) is 15.9 Å². The number of rotatable bonds is 8. The summed E-state index contributed by atoms with van der Waals surface area (Å²) in [6, 6.07) is 72.5. The molecule has 10 nitrogen and oxygen atoms in total. The lowest BCUT2D eigenvalue weighted by Gasteiger charge is -2.30. The van der Waals surface area contributed by atoms with E-state index in [0.29, 0.717) is 5.69 Å². The molecule has 0 spiro atoms. The molecule has 0 atom stereocenters. The lowest BCUT2D eigenvalue weighted by atomic mass is 9.95. The Bertz CT molecular complexity index is 4620. The van der Waals surface area contributed by atoms with Crippen LogP contribution in [0.15, 0.2) is 218 Å². The number of benzene rings is 9. The highest BCUT2D eigenvalue weighted by molar-refractivity contribution is 6.37. The van der Waals surface area contributed by atoms with Gasteiger partial charge in [0, 0.05) is 54.9 Å². The van der Waals surface area contributed by atoms with Crippen LogP contribution in [0.4, 0.5) is 0 Å². The highest BCUT2D eigenvalue weighted by atomic mass is 15.1. The maximum atomic E-state index is 10.3. The predicted octanol–water partition coefficient (Wildman–Crippen LogP) is 15.0. The first kappa shape index (κ1) is 42.2. The van der Waals surface area contributed by atoms with E-state index < -0.39 is 0 Å². The number of hydrogen-bond acceptors (Lipinski definition) is 6. The Morgan fingerprint density at radius 1 is 0.419 bits per heavy atom. The second-order valence-electron chi connectivity index (χ2n) is 18.1. The second kappa shape index (κ2) is 16.7. The van der Waals surface area contributed by atoms with E-state index >= 15 is 0 Å². The molecule has 0 aliphatic heterocycles. The quantitative estimate of drug-likeness (QED) is 0.152. The van der Waals surface area contributed by atoms with Crippen LogP contribution in [0, 0.1) is 28.1 Å². The van der Waals surface area contributed by atoms with Crippen molar-refractivity contribution in [2.24, 2.45) is 4.99 Å². The molecule has 0 aliphatic rings. The third kappa shape index (κ3) is 6.10. The monoisotopic (exact) mass is 946 g/mol. The third-order valence-electron chi connectivity index (χ3n) is 14.4. The number of nitrogens with one attached hydrogen (secondary N) is 1. The highest BCUT2D eigenvalue weighted by Gasteiger charge is 2.34. The Morgan fingerprint density at radius 2 is 0.757 bits per heavy atom. The summed E-state index contributed by atoms with van der Waals surface area (Å²) in [4.78, 5) is 14.7. The zero-order chi connectivity index (χ0) is 49.4. The van der Waals surface area contributed by atoms with Crippen molar-refractivity contribution >= 4 is 105 Å². The molecule has 344 valence electrons. The van der Waals surface area contributed by atoms with Crippen LogP contribution in [0.25, 0.3) is 127 Å². The van der Waals surface area contributed by atoms with Crippen LogP contribution in [0.5, 0.6) is 0 Å². The highest BCUT2D eigenvalue weighted by Crippen LogP contribution is 2.52. The van der Waals surface area contributed by atoms with Gasteiger partial charge in [0.05, 0.1) is 96.7 Å². The van der Waals surface area contributed by atoms with Gasteiger partial charge in [0.15, 0.2) is 11.4 Å².